The molecule has 38 heavy (non-hydrogen) atoms. The van der Waals surface area contributed by atoms with E-state index in [4.69, 9.17) is 4.74 Å². The molecule has 1 saturated heterocycles. The Kier molecular flexibility index (Phi) is 7.89. The summed E-state index contributed by atoms with van der Waals surface area (Å²) in [6, 6.07) is 16.1. The maximum absolute atomic E-state index is 13.5. The Bertz CT molecular complexity index is 1320. The summed E-state index contributed by atoms with van der Waals surface area (Å²) < 4.78 is 59.1. The number of benzene rings is 3. The molecule has 0 aliphatic carbocycles. The second-order valence-electron chi connectivity index (χ2n) is 9.00. The smallest absolute Gasteiger partial charge is 0.417 e. The molecular weight excluding hydrogens is 502 g/mol. The number of piperidine rings is 1. The van der Waals surface area contributed by atoms with Crippen LogP contribution in [0, 0.1) is 5.82 Å². The minimum absolute atomic E-state index is 0.201. The number of carbonyl (C=O) groups is 2. The summed E-state index contributed by atoms with van der Waals surface area (Å²) in [5, 5.41) is 3.25. The fraction of sp³-hybridized carbons (Fsp3) is 0.286. The van der Waals surface area contributed by atoms with Crippen LogP contribution in [-0.4, -0.2) is 54.9 Å². The van der Waals surface area contributed by atoms with Crippen molar-refractivity contribution in [1.29, 1.82) is 0 Å². The molecule has 200 valence electrons. The van der Waals surface area contributed by atoms with Crippen LogP contribution in [0.3, 0.4) is 0 Å². The number of methoxy groups -OCH3 is 1. The predicted molar refractivity (Wildman–Crippen MR) is 135 cm³/mol. The molecule has 3 aromatic rings. The number of halogens is 4. The maximum atomic E-state index is 13.5. The fourth-order valence-electron chi connectivity index (χ4n) is 4.59. The highest BCUT2D eigenvalue weighted by atomic mass is 19.4. The van der Waals surface area contributed by atoms with Crippen LogP contribution in [0.1, 0.15) is 39.1 Å². The van der Waals surface area contributed by atoms with E-state index in [9.17, 15) is 27.2 Å². The number of nitrogens with one attached hydrogen (secondary N) is 1. The first-order valence-electron chi connectivity index (χ1n) is 12.0. The third-order valence-corrected chi connectivity index (χ3v) is 6.67. The molecule has 3 aromatic carbocycles. The van der Waals surface area contributed by atoms with Crippen LogP contribution in [0.2, 0.25) is 0 Å². The lowest BCUT2D eigenvalue weighted by atomic mass is 9.99. The van der Waals surface area contributed by atoms with E-state index < -0.39 is 29.0 Å². The minimum atomic E-state index is -4.87. The van der Waals surface area contributed by atoms with Crippen LogP contribution in [-0.2, 0) is 6.18 Å². The van der Waals surface area contributed by atoms with Crippen molar-refractivity contribution in [3.8, 4) is 5.75 Å². The lowest BCUT2D eigenvalue weighted by molar-refractivity contribution is -0.138. The van der Waals surface area contributed by atoms with Crippen molar-refractivity contribution in [2.75, 3.05) is 32.6 Å². The Balaban J connectivity index is 1.45. The number of hydrogen-bond donors (Lipinski definition) is 1. The van der Waals surface area contributed by atoms with Crippen molar-refractivity contribution in [1.82, 2.24) is 9.80 Å². The number of hydrogen-bond acceptors (Lipinski definition) is 4. The molecule has 0 bridgehead atoms. The third kappa shape index (κ3) is 5.74. The summed E-state index contributed by atoms with van der Waals surface area (Å²) in [6.07, 6.45) is -4.09. The van der Waals surface area contributed by atoms with E-state index in [0.29, 0.717) is 54.7 Å². The quantitative estimate of drug-likeness (QED) is 0.400. The Morgan fingerprint density at radius 1 is 0.947 bits per heavy atom. The zero-order chi connectivity index (χ0) is 27.4. The molecule has 0 aromatic heterocycles. The van der Waals surface area contributed by atoms with E-state index in [0.717, 1.165) is 12.1 Å². The van der Waals surface area contributed by atoms with E-state index in [-0.39, 0.29) is 11.9 Å². The number of nitrogens with zero attached hydrogens (tertiary/aromatic N) is 2. The number of para-hydroxylation sites is 3. The van der Waals surface area contributed by atoms with Crippen molar-refractivity contribution in [3.05, 3.63) is 89.2 Å². The van der Waals surface area contributed by atoms with Gasteiger partial charge in [-0.05, 0) is 55.3 Å². The van der Waals surface area contributed by atoms with Crippen molar-refractivity contribution < 1.29 is 31.9 Å². The Labute approximate surface area is 217 Å². The van der Waals surface area contributed by atoms with Gasteiger partial charge in [-0.1, -0.05) is 24.3 Å². The highest BCUT2D eigenvalue weighted by Gasteiger charge is 2.38. The molecule has 6 nitrogen and oxygen atoms in total. The second-order valence-corrected chi connectivity index (χ2v) is 9.00. The van der Waals surface area contributed by atoms with Gasteiger partial charge in [0.1, 0.15) is 11.6 Å². The Morgan fingerprint density at radius 3 is 2.24 bits per heavy atom. The molecule has 1 aliphatic rings. The Morgan fingerprint density at radius 2 is 1.58 bits per heavy atom. The number of amides is 2. The van der Waals surface area contributed by atoms with E-state index in [2.05, 4.69) is 5.32 Å². The first-order valence-corrected chi connectivity index (χ1v) is 12.0. The fourth-order valence-corrected chi connectivity index (χ4v) is 4.59. The van der Waals surface area contributed by atoms with Gasteiger partial charge in [0.15, 0.2) is 0 Å². The largest absolute Gasteiger partial charge is 0.495 e. The molecule has 0 unspecified atom stereocenters. The molecule has 1 heterocycles. The number of rotatable bonds is 6. The van der Waals surface area contributed by atoms with Gasteiger partial charge >= 0.3 is 6.18 Å². The zero-order valence-electron chi connectivity index (χ0n) is 20.9. The van der Waals surface area contributed by atoms with Crippen LogP contribution in [0.4, 0.5) is 28.9 Å². The van der Waals surface area contributed by atoms with Crippen LogP contribution >= 0.6 is 0 Å². The summed E-state index contributed by atoms with van der Waals surface area (Å²) in [5.74, 6) is -1.48. The minimum Gasteiger partial charge on any atom is -0.495 e. The summed E-state index contributed by atoms with van der Waals surface area (Å²) in [5.41, 5.74) is -0.139. The van der Waals surface area contributed by atoms with Gasteiger partial charge < -0.3 is 19.9 Å². The molecule has 1 fully saturated rings. The van der Waals surface area contributed by atoms with E-state index in [1.165, 1.54) is 11.9 Å². The van der Waals surface area contributed by atoms with Crippen LogP contribution in [0.5, 0.6) is 5.75 Å². The van der Waals surface area contributed by atoms with Gasteiger partial charge in [0, 0.05) is 26.2 Å². The molecule has 0 saturated carbocycles. The molecule has 0 atom stereocenters. The molecule has 1 N–H and O–H groups in total. The molecule has 1 aliphatic heterocycles. The van der Waals surface area contributed by atoms with E-state index in [1.54, 1.807) is 36.3 Å². The average Bonchev–Trinajstić information content (AvgIpc) is 2.92. The topological polar surface area (TPSA) is 61.9 Å². The van der Waals surface area contributed by atoms with Crippen LogP contribution < -0.4 is 10.1 Å². The normalized spacial score (nSPS) is 14.2. The summed E-state index contributed by atoms with van der Waals surface area (Å²) >= 11 is 0. The van der Waals surface area contributed by atoms with Crippen molar-refractivity contribution >= 4 is 23.2 Å². The van der Waals surface area contributed by atoms with Gasteiger partial charge in [-0.25, -0.2) is 4.39 Å². The summed E-state index contributed by atoms with van der Waals surface area (Å²) in [7, 11) is 2.99. The second kappa shape index (κ2) is 11.1. The lowest BCUT2D eigenvalue weighted by Crippen LogP contribution is -2.47. The number of carbonyl (C=O) groups excluding carboxylic acids is 2. The van der Waals surface area contributed by atoms with Gasteiger partial charge in [-0.3, -0.25) is 9.59 Å². The number of anilines is 2. The predicted octanol–water partition coefficient (Wildman–Crippen LogP) is 5.97. The standard InChI is InChI=1S/C28H27F4N3O3/c1-34(26(36)20-12-11-18(29)17-22(20)28(30,31)32)19-13-15-35(16-14-19)27(37)21-7-3-4-8-23(21)33-24-9-5-6-10-25(24)38-2/h3-12,17,19,33H,13-16H2,1-2H3. The first kappa shape index (κ1) is 27.0. The zero-order valence-corrected chi connectivity index (χ0v) is 20.9. The van der Waals surface area contributed by atoms with E-state index in [1.807, 2.05) is 24.3 Å². The van der Waals surface area contributed by atoms with Gasteiger partial charge in [0.2, 0.25) is 0 Å². The van der Waals surface area contributed by atoms with Gasteiger partial charge in [-0.2, -0.15) is 13.2 Å². The van der Waals surface area contributed by atoms with Gasteiger partial charge in [-0.15, -0.1) is 0 Å². The summed E-state index contributed by atoms with van der Waals surface area (Å²) in [4.78, 5) is 29.2. The number of likely N-dealkylation sites (tertiary alicyclic amines) is 1. The van der Waals surface area contributed by atoms with Gasteiger partial charge in [0.05, 0.1) is 35.2 Å². The Hall–Kier alpha value is -4.08. The van der Waals surface area contributed by atoms with Crippen LogP contribution in [0.15, 0.2) is 66.7 Å². The average molecular weight is 530 g/mol. The molecule has 4 rings (SSSR count). The third-order valence-electron chi connectivity index (χ3n) is 6.67. The van der Waals surface area contributed by atoms with Gasteiger partial charge in [0.25, 0.3) is 11.8 Å². The maximum Gasteiger partial charge on any atom is 0.417 e. The van der Waals surface area contributed by atoms with Crippen molar-refractivity contribution in [2.45, 2.75) is 25.1 Å². The molecule has 2 amide bonds. The van der Waals surface area contributed by atoms with Crippen molar-refractivity contribution in [3.63, 3.8) is 0 Å². The van der Waals surface area contributed by atoms with E-state index >= 15 is 0 Å². The molecule has 10 heteroatoms. The van der Waals surface area contributed by atoms with Crippen LogP contribution in [0.25, 0.3) is 0 Å². The molecule has 0 radical (unpaired) electrons. The lowest BCUT2D eigenvalue weighted by Gasteiger charge is -2.37. The number of alkyl halides is 3. The SMILES string of the molecule is COc1ccccc1Nc1ccccc1C(=O)N1CCC(N(C)C(=O)c2ccc(F)cc2C(F)(F)F)CC1. The molecular formula is C28H27F4N3O3. The molecule has 0 spiro atoms. The number of ether oxygens (including phenoxy) is 1. The monoisotopic (exact) mass is 529 g/mol. The first-order chi connectivity index (χ1) is 18.1. The summed E-state index contributed by atoms with van der Waals surface area (Å²) in [6.45, 7) is 0.638. The van der Waals surface area contributed by atoms with Crippen molar-refractivity contribution in [2.24, 2.45) is 0 Å². The highest BCUT2D eigenvalue weighted by Crippen LogP contribution is 2.34. The highest BCUT2D eigenvalue weighted by molar-refractivity contribution is 6.00.